The summed E-state index contributed by atoms with van der Waals surface area (Å²) in [5.74, 6) is -0.204. The van der Waals surface area contributed by atoms with Crippen LogP contribution in [0.2, 0.25) is 0 Å². The van der Waals surface area contributed by atoms with Crippen LogP contribution in [-0.2, 0) is 6.54 Å². The van der Waals surface area contributed by atoms with Crippen LogP contribution in [0, 0.1) is 5.82 Å². The average Bonchev–Trinajstić information content (AvgIpc) is 3.06. The van der Waals surface area contributed by atoms with Crippen molar-refractivity contribution in [1.82, 2.24) is 4.90 Å². The zero-order valence-corrected chi connectivity index (χ0v) is 12.4. The molecule has 0 heterocycles. The number of thiocarbonyl (C=S) groups is 1. The number of hydrogen-bond acceptors (Lipinski definition) is 2. The summed E-state index contributed by atoms with van der Waals surface area (Å²) in [6, 6.07) is 5.63. The van der Waals surface area contributed by atoms with E-state index in [1.54, 1.807) is 6.07 Å². The van der Waals surface area contributed by atoms with Gasteiger partial charge >= 0.3 is 0 Å². The first-order valence-corrected chi connectivity index (χ1v) is 7.22. The van der Waals surface area contributed by atoms with Crippen molar-refractivity contribution in [3.63, 3.8) is 0 Å². The van der Waals surface area contributed by atoms with E-state index in [2.05, 4.69) is 20.8 Å². The van der Waals surface area contributed by atoms with Gasteiger partial charge in [0.05, 0.1) is 4.99 Å². The van der Waals surface area contributed by atoms with E-state index in [0.717, 1.165) is 29.5 Å². The minimum absolute atomic E-state index is 0.204. The third-order valence-corrected chi connectivity index (χ3v) is 3.68. The first-order valence-electron chi connectivity index (χ1n) is 6.02. The third kappa shape index (κ3) is 4.30. The second-order valence-electron chi connectivity index (χ2n) is 4.70. The Morgan fingerprint density at radius 2 is 2.17 bits per heavy atom. The highest BCUT2D eigenvalue weighted by atomic mass is 79.9. The monoisotopic (exact) mass is 330 g/mol. The van der Waals surface area contributed by atoms with E-state index < -0.39 is 0 Å². The number of halogens is 2. The maximum atomic E-state index is 13.3. The summed E-state index contributed by atoms with van der Waals surface area (Å²) >= 11 is 8.23. The minimum atomic E-state index is -0.204. The van der Waals surface area contributed by atoms with E-state index >= 15 is 0 Å². The maximum absolute atomic E-state index is 13.3. The molecule has 2 N–H and O–H groups in total. The highest BCUT2D eigenvalue weighted by Gasteiger charge is 2.28. The Morgan fingerprint density at radius 1 is 1.44 bits per heavy atom. The zero-order valence-electron chi connectivity index (χ0n) is 10.0. The molecule has 0 aromatic heterocycles. The quantitative estimate of drug-likeness (QED) is 0.812. The fourth-order valence-electron chi connectivity index (χ4n) is 2.02. The molecule has 1 aliphatic rings. The molecule has 2 rings (SSSR count). The number of benzene rings is 1. The molecule has 0 unspecified atom stereocenters. The molecule has 1 fully saturated rings. The summed E-state index contributed by atoms with van der Waals surface area (Å²) < 4.78 is 14.1. The van der Waals surface area contributed by atoms with Crippen molar-refractivity contribution in [1.29, 1.82) is 0 Å². The van der Waals surface area contributed by atoms with Crippen molar-refractivity contribution < 1.29 is 4.39 Å². The fraction of sp³-hybridized carbons (Fsp3) is 0.462. The van der Waals surface area contributed by atoms with Crippen molar-refractivity contribution in [2.45, 2.75) is 31.8 Å². The second-order valence-corrected chi connectivity index (χ2v) is 6.14. The molecular formula is C13H16BrFN2S. The Morgan fingerprint density at radius 3 is 2.72 bits per heavy atom. The van der Waals surface area contributed by atoms with Gasteiger partial charge in [-0.3, -0.25) is 4.90 Å². The molecule has 1 aromatic carbocycles. The van der Waals surface area contributed by atoms with Gasteiger partial charge in [-0.25, -0.2) is 4.39 Å². The SMILES string of the molecule is NC(=S)CCN(Cc1cc(F)cc(Br)c1)C1CC1. The van der Waals surface area contributed by atoms with Crippen LogP contribution in [0.15, 0.2) is 22.7 Å². The molecule has 18 heavy (non-hydrogen) atoms. The minimum Gasteiger partial charge on any atom is -0.393 e. The van der Waals surface area contributed by atoms with Gasteiger partial charge < -0.3 is 5.73 Å². The highest BCUT2D eigenvalue weighted by molar-refractivity contribution is 9.10. The van der Waals surface area contributed by atoms with Crippen molar-refractivity contribution in [2.75, 3.05) is 6.54 Å². The number of nitrogens with two attached hydrogens (primary N) is 1. The average molecular weight is 331 g/mol. The normalized spacial score (nSPS) is 15.1. The summed E-state index contributed by atoms with van der Waals surface area (Å²) in [5.41, 5.74) is 6.52. The van der Waals surface area contributed by atoms with Gasteiger partial charge in [0.25, 0.3) is 0 Å². The van der Waals surface area contributed by atoms with Crippen molar-refractivity contribution >= 4 is 33.1 Å². The Balaban J connectivity index is 2.01. The molecule has 2 nitrogen and oxygen atoms in total. The maximum Gasteiger partial charge on any atom is 0.124 e. The molecule has 0 spiro atoms. The van der Waals surface area contributed by atoms with E-state index in [1.165, 1.54) is 18.9 Å². The molecule has 1 aromatic rings. The Labute approximate surface area is 120 Å². The number of hydrogen-bond donors (Lipinski definition) is 1. The van der Waals surface area contributed by atoms with E-state index in [1.807, 2.05) is 6.07 Å². The molecule has 0 amide bonds. The lowest BCUT2D eigenvalue weighted by Gasteiger charge is -2.22. The summed E-state index contributed by atoms with van der Waals surface area (Å²) in [6.45, 7) is 1.61. The first-order chi connectivity index (χ1) is 8.54. The van der Waals surface area contributed by atoms with Crippen molar-refractivity contribution in [3.8, 4) is 0 Å². The zero-order chi connectivity index (χ0) is 13.1. The van der Waals surface area contributed by atoms with Crippen LogP contribution in [0.25, 0.3) is 0 Å². The fourth-order valence-corrected chi connectivity index (χ4v) is 2.62. The van der Waals surface area contributed by atoms with Gasteiger partial charge in [0, 0.05) is 30.0 Å². The Kier molecular flexibility index (Phi) is 4.70. The van der Waals surface area contributed by atoms with Crippen LogP contribution in [0.5, 0.6) is 0 Å². The van der Waals surface area contributed by atoms with Gasteiger partial charge in [-0.15, -0.1) is 0 Å². The van der Waals surface area contributed by atoms with Gasteiger partial charge in [-0.1, -0.05) is 28.1 Å². The molecule has 0 saturated heterocycles. The lowest BCUT2D eigenvalue weighted by molar-refractivity contribution is 0.262. The number of rotatable bonds is 6. The van der Waals surface area contributed by atoms with Crippen molar-refractivity contribution in [2.24, 2.45) is 5.73 Å². The topological polar surface area (TPSA) is 29.3 Å². The summed E-state index contributed by atoms with van der Waals surface area (Å²) in [7, 11) is 0. The van der Waals surface area contributed by atoms with Gasteiger partial charge in [0.15, 0.2) is 0 Å². The predicted octanol–water partition coefficient (Wildman–Crippen LogP) is 3.23. The van der Waals surface area contributed by atoms with E-state index in [0.29, 0.717) is 11.0 Å². The standard InChI is InChI=1S/C13H16BrFN2S/c14-10-5-9(6-11(15)7-10)8-17(12-1-2-12)4-3-13(16)18/h5-7,12H,1-4,8H2,(H2,16,18). The lowest BCUT2D eigenvalue weighted by Crippen LogP contribution is -2.29. The van der Waals surface area contributed by atoms with Crippen molar-refractivity contribution in [3.05, 3.63) is 34.1 Å². The van der Waals surface area contributed by atoms with E-state index in [9.17, 15) is 4.39 Å². The van der Waals surface area contributed by atoms with Crippen LogP contribution >= 0.6 is 28.1 Å². The van der Waals surface area contributed by atoms with Crippen LogP contribution in [0.3, 0.4) is 0 Å². The van der Waals surface area contributed by atoms with Crippen LogP contribution in [0.1, 0.15) is 24.8 Å². The summed E-state index contributed by atoms with van der Waals surface area (Å²) in [6.07, 6.45) is 3.16. The lowest BCUT2D eigenvalue weighted by atomic mass is 10.2. The Bertz CT molecular complexity index is 428. The van der Waals surface area contributed by atoms with Crippen LogP contribution in [0.4, 0.5) is 4.39 Å². The number of nitrogens with zero attached hydrogens (tertiary/aromatic N) is 1. The third-order valence-electron chi connectivity index (χ3n) is 3.02. The van der Waals surface area contributed by atoms with Crippen LogP contribution in [-0.4, -0.2) is 22.5 Å². The molecule has 0 aliphatic heterocycles. The van der Waals surface area contributed by atoms with E-state index in [-0.39, 0.29) is 5.82 Å². The Hall–Kier alpha value is -0.520. The molecule has 0 atom stereocenters. The van der Waals surface area contributed by atoms with Gasteiger partial charge in [-0.2, -0.15) is 0 Å². The molecule has 0 bridgehead atoms. The second kappa shape index (κ2) is 6.08. The van der Waals surface area contributed by atoms with E-state index in [4.69, 9.17) is 18.0 Å². The van der Waals surface area contributed by atoms with Gasteiger partial charge in [0.2, 0.25) is 0 Å². The molecular weight excluding hydrogens is 315 g/mol. The summed E-state index contributed by atoms with van der Waals surface area (Å²) in [5, 5.41) is 0. The molecule has 0 radical (unpaired) electrons. The molecule has 5 heteroatoms. The largest absolute Gasteiger partial charge is 0.393 e. The smallest absolute Gasteiger partial charge is 0.124 e. The molecule has 1 saturated carbocycles. The van der Waals surface area contributed by atoms with Crippen LogP contribution < -0.4 is 5.73 Å². The first kappa shape index (κ1) is 13.9. The molecule has 98 valence electrons. The molecule has 1 aliphatic carbocycles. The highest BCUT2D eigenvalue weighted by Crippen LogP contribution is 2.29. The van der Waals surface area contributed by atoms with Gasteiger partial charge in [-0.05, 0) is 36.6 Å². The predicted molar refractivity (Wildman–Crippen MR) is 78.9 cm³/mol. The summed E-state index contributed by atoms with van der Waals surface area (Å²) in [4.78, 5) is 2.88. The van der Waals surface area contributed by atoms with Gasteiger partial charge in [0.1, 0.15) is 5.82 Å².